The summed E-state index contributed by atoms with van der Waals surface area (Å²) >= 11 is 0. The minimum atomic E-state index is -2.36. The van der Waals surface area contributed by atoms with E-state index in [2.05, 4.69) is 12.2 Å². The Morgan fingerprint density at radius 2 is 1.38 bits per heavy atom. The third-order valence-electron chi connectivity index (χ3n) is 8.44. The molecule has 2 heterocycles. The molecular weight excluding hydrogens is 626 g/mol. The molecule has 0 saturated carbocycles. The molecule has 2 rings (SSSR count). The summed E-state index contributed by atoms with van der Waals surface area (Å²) in [5.74, 6) is -3.05. The molecule has 276 valence electrons. The van der Waals surface area contributed by atoms with Crippen molar-refractivity contribution in [2.45, 2.75) is 158 Å². The average molecular weight is 684 g/mol. The second-order valence-electron chi connectivity index (χ2n) is 12.2. The largest absolute Gasteiger partial charge is 0.506 e. The first kappa shape index (κ1) is 41.5. The van der Waals surface area contributed by atoms with Gasteiger partial charge in [-0.3, -0.25) is 4.79 Å². The van der Waals surface area contributed by atoms with Crippen LogP contribution in [0.5, 0.6) is 0 Å². The van der Waals surface area contributed by atoms with E-state index >= 15 is 0 Å². The molecule has 0 radical (unpaired) electrons. The van der Waals surface area contributed by atoms with Gasteiger partial charge in [0.2, 0.25) is 6.29 Å². The van der Waals surface area contributed by atoms with Crippen molar-refractivity contribution < 1.29 is 74.4 Å². The standard InChI is InChI=1S/C31H57NO15/c1-4-5-6-7-8-9-10-11-12-13-15-32-28(41)26-24(40)25(46-30-23(39)21(37)19(35)17(2)44-30)27(31(43-3)47-26)45-29(42)22(38)20(36)18(34)14-16-33/h17-19,21,23-27,29-31,33-40,42H,4-16H2,1-3H3,(H,32,41)/b22-20+/t17?,18-,19?,21?,23?,24-,25?,26?,27?,29-,30?,31+/m0/s1. The summed E-state index contributed by atoms with van der Waals surface area (Å²) in [6.45, 7) is 3.33. The maximum Gasteiger partial charge on any atom is 0.252 e. The molecule has 0 bridgehead atoms. The Bertz CT molecular complexity index is 925. The van der Waals surface area contributed by atoms with E-state index in [-0.39, 0.29) is 6.42 Å². The highest BCUT2D eigenvalue weighted by molar-refractivity contribution is 5.81. The Labute approximate surface area is 275 Å². The number of carbonyl (C=O) groups excluding carboxylic acids is 1. The highest BCUT2D eigenvalue weighted by Gasteiger charge is 2.53. The number of aliphatic hydroxyl groups is 9. The summed E-state index contributed by atoms with van der Waals surface area (Å²) in [7, 11) is 1.16. The fourth-order valence-electron chi connectivity index (χ4n) is 5.50. The molecular formula is C31H57NO15. The molecule has 8 unspecified atom stereocenters. The summed E-state index contributed by atoms with van der Waals surface area (Å²) in [6, 6.07) is 0. The van der Waals surface area contributed by atoms with E-state index in [0.29, 0.717) is 13.0 Å². The third kappa shape index (κ3) is 12.3. The van der Waals surface area contributed by atoms with Gasteiger partial charge in [0.1, 0.15) is 42.7 Å². The Morgan fingerprint density at radius 1 is 0.787 bits per heavy atom. The lowest BCUT2D eigenvalue weighted by Crippen LogP contribution is -2.66. The first-order valence-corrected chi connectivity index (χ1v) is 16.6. The van der Waals surface area contributed by atoms with Crippen LogP contribution in [0.3, 0.4) is 0 Å². The summed E-state index contributed by atoms with van der Waals surface area (Å²) in [5, 5.41) is 94.7. The number of hydrogen-bond acceptors (Lipinski definition) is 15. The Kier molecular flexibility index (Phi) is 18.9. The van der Waals surface area contributed by atoms with E-state index in [4.69, 9.17) is 28.8 Å². The third-order valence-corrected chi connectivity index (χ3v) is 8.44. The van der Waals surface area contributed by atoms with Gasteiger partial charge in [0, 0.05) is 26.7 Å². The smallest absolute Gasteiger partial charge is 0.252 e. The van der Waals surface area contributed by atoms with Crippen molar-refractivity contribution in [3.8, 4) is 0 Å². The SMILES string of the molecule is CCCCCCCCCCCCNC(=O)C1O[C@@H](OC)C(O[C@H](O)/C(O)=C(\O)[C@@H](O)CCO)C(OC2OC(C)C(O)C(O)C2O)[C@@H]1O. The van der Waals surface area contributed by atoms with Crippen LogP contribution in [-0.2, 0) is 28.5 Å². The van der Waals surface area contributed by atoms with Gasteiger partial charge >= 0.3 is 0 Å². The Balaban J connectivity index is 2.13. The van der Waals surface area contributed by atoms with Crippen LogP contribution in [0.2, 0.25) is 0 Å². The first-order chi connectivity index (χ1) is 22.4. The van der Waals surface area contributed by atoms with Gasteiger partial charge in [-0.15, -0.1) is 0 Å². The molecule has 16 nitrogen and oxygen atoms in total. The monoisotopic (exact) mass is 683 g/mol. The van der Waals surface area contributed by atoms with Crippen molar-refractivity contribution >= 4 is 5.91 Å². The van der Waals surface area contributed by atoms with Gasteiger partial charge in [-0.2, -0.15) is 0 Å². The number of hydrogen-bond donors (Lipinski definition) is 10. The molecule has 1 amide bonds. The molecule has 0 spiro atoms. The number of rotatable bonds is 21. The van der Waals surface area contributed by atoms with E-state index in [9.17, 15) is 45.6 Å². The number of methoxy groups -OCH3 is 1. The van der Waals surface area contributed by atoms with Crippen LogP contribution >= 0.6 is 0 Å². The summed E-state index contributed by atoms with van der Waals surface area (Å²) in [4.78, 5) is 13.2. The number of nitrogens with one attached hydrogen (secondary N) is 1. The van der Waals surface area contributed by atoms with Gasteiger partial charge in [0.25, 0.3) is 5.91 Å². The number of amides is 1. The van der Waals surface area contributed by atoms with Crippen LogP contribution in [0.1, 0.15) is 84.5 Å². The topological polar surface area (TPSA) is 257 Å². The van der Waals surface area contributed by atoms with Crippen LogP contribution in [0.4, 0.5) is 0 Å². The van der Waals surface area contributed by atoms with Crippen LogP contribution in [0, 0.1) is 0 Å². The highest BCUT2D eigenvalue weighted by Crippen LogP contribution is 2.32. The molecule has 10 N–H and O–H groups in total. The van der Waals surface area contributed by atoms with Crippen molar-refractivity contribution in [3.05, 3.63) is 11.5 Å². The zero-order valence-electron chi connectivity index (χ0n) is 27.6. The van der Waals surface area contributed by atoms with Crippen molar-refractivity contribution in [3.63, 3.8) is 0 Å². The zero-order valence-corrected chi connectivity index (χ0v) is 27.6. The molecule has 47 heavy (non-hydrogen) atoms. The predicted molar refractivity (Wildman–Crippen MR) is 165 cm³/mol. The molecule has 2 saturated heterocycles. The average Bonchev–Trinajstić information content (AvgIpc) is 3.05. The lowest BCUT2D eigenvalue weighted by atomic mass is 9.96. The Hall–Kier alpha value is -1.67. The van der Waals surface area contributed by atoms with Gasteiger partial charge < -0.3 is 75.0 Å². The molecule has 2 fully saturated rings. The Morgan fingerprint density at radius 3 is 1.96 bits per heavy atom. The maximum absolute atomic E-state index is 13.2. The lowest BCUT2D eigenvalue weighted by molar-refractivity contribution is -0.364. The van der Waals surface area contributed by atoms with E-state index in [1.165, 1.54) is 45.4 Å². The normalized spacial score (nSPS) is 33.2. The van der Waals surface area contributed by atoms with Crippen molar-refractivity contribution in [2.75, 3.05) is 20.3 Å². The minimum absolute atomic E-state index is 0.296. The summed E-state index contributed by atoms with van der Waals surface area (Å²) in [6.07, 6.45) is -9.55. The van der Waals surface area contributed by atoms with Gasteiger partial charge in [-0.1, -0.05) is 64.7 Å². The second kappa shape index (κ2) is 21.4. The molecule has 2 aliphatic rings. The van der Waals surface area contributed by atoms with Crippen LogP contribution in [0.15, 0.2) is 11.5 Å². The van der Waals surface area contributed by atoms with Crippen molar-refractivity contribution in [1.29, 1.82) is 0 Å². The van der Waals surface area contributed by atoms with E-state index in [0.717, 1.165) is 26.4 Å². The number of aliphatic hydroxyl groups excluding tert-OH is 9. The predicted octanol–water partition coefficient (Wildman–Crippen LogP) is -0.257. The first-order valence-electron chi connectivity index (χ1n) is 16.6. The van der Waals surface area contributed by atoms with Gasteiger partial charge in [-0.05, 0) is 13.3 Å². The lowest BCUT2D eigenvalue weighted by Gasteiger charge is -2.46. The van der Waals surface area contributed by atoms with E-state index < -0.39 is 97.8 Å². The van der Waals surface area contributed by atoms with Crippen molar-refractivity contribution in [1.82, 2.24) is 5.32 Å². The zero-order chi connectivity index (χ0) is 35.1. The van der Waals surface area contributed by atoms with E-state index in [1.54, 1.807) is 0 Å². The second-order valence-corrected chi connectivity index (χ2v) is 12.2. The molecule has 2 aliphatic heterocycles. The number of unbranched alkanes of at least 4 members (excludes halogenated alkanes) is 9. The molecule has 16 heteroatoms. The molecule has 0 aromatic carbocycles. The molecule has 0 aliphatic carbocycles. The maximum atomic E-state index is 13.2. The van der Waals surface area contributed by atoms with Gasteiger partial charge in [0.05, 0.1) is 6.10 Å². The van der Waals surface area contributed by atoms with E-state index in [1.807, 2.05) is 0 Å². The number of ether oxygens (including phenoxy) is 5. The molecule has 0 aromatic rings. The minimum Gasteiger partial charge on any atom is -0.506 e. The van der Waals surface area contributed by atoms with Gasteiger partial charge in [0.15, 0.2) is 30.2 Å². The van der Waals surface area contributed by atoms with Crippen molar-refractivity contribution in [2.24, 2.45) is 0 Å². The molecule has 12 atom stereocenters. The van der Waals surface area contributed by atoms with Crippen LogP contribution in [-0.4, -0.2) is 146 Å². The molecule has 0 aromatic heterocycles. The highest BCUT2D eigenvalue weighted by atomic mass is 16.8. The van der Waals surface area contributed by atoms with Gasteiger partial charge in [-0.25, -0.2) is 0 Å². The quantitative estimate of drug-likeness (QED) is 0.0425. The van der Waals surface area contributed by atoms with Crippen LogP contribution in [0.25, 0.3) is 0 Å². The van der Waals surface area contributed by atoms with Crippen LogP contribution < -0.4 is 5.32 Å². The summed E-state index contributed by atoms with van der Waals surface area (Å²) in [5.41, 5.74) is 0. The fraction of sp³-hybridized carbons (Fsp3) is 0.903. The fourth-order valence-corrected chi connectivity index (χ4v) is 5.50. The number of carbonyl (C=O) groups is 1. The summed E-state index contributed by atoms with van der Waals surface area (Å²) < 4.78 is 27.7.